The van der Waals surface area contributed by atoms with Crippen molar-refractivity contribution >= 4 is 27.5 Å². The highest BCUT2D eigenvalue weighted by Crippen LogP contribution is 2.18. The highest BCUT2D eigenvalue weighted by Gasteiger charge is 2.11. The van der Waals surface area contributed by atoms with Crippen molar-refractivity contribution in [1.29, 1.82) is 0 Å². The molecule has 0 aliphatic heterocycles. The van der Waals surface area contributed by atoms with Crippen LogP contribution in [0, 0.1) is 0 Å². The first-order valence-electron chi connectivity index (χ1n) is 6.50. The number of anilines is 1. The number of carbonyl (C=O) groups is 1. The van der Waals surface area contributed by atoms with Gasteiger partial charge in [0.05, 0.1) is 0 Å². The molecule has 0 aliphatic carbocycles. The van der Waals surface area contributed by atoms with Crippen molar-refractivity contribution in [1.82, 2.24) is 9.13 Å². The van der Waals surface area contributed by atoms with Crippen molar-refractivity contribution in [2.24, 2.45) is 7.05 Å². The fraction of sp³-hybridized carbons (Fsp3) is 0.0625. The summed E-state index contributed by atoms with van der Waals surface area (Å²) < 4.78 is 4.67. The summed E-state index contributed by atoms with van der Waals surface area (Å²) in [4.78, 5) is 12.3. The molecule has 106 valence electrons. The summed E-state index contributed by atoms with van der Waals surface area (Å²) in [6.45, 7) is 0. The van der Waals surface area contributed by atoms with E-state index in [9.17, 15) is 4.79 Å². The molecule has 4 nitrogen and oxygen atoms in total. The molecule has 2 heterocycles. The third kappa shape index (κ3) is 2.92. The van der Waals surface area contributed by atoms with Crippen LogP contribution in [-0.4, -0.2) is 15.0 Å². The number of nitrogens with one attached hydrogen (secondary N) is 1. The monoisotopic (exact) mass is 343 g/mol. The molecule has 0 spiro atoms. The number of halogens is 1. The number of benzene rings is 1. The second-order valence-electron chi connectivity index (χ2n) is 4.75. The molecule has 0 fully saturated rings. The van der Waals surface area contributed by atoms with E-state index < -0.39 is 0 Å². The summed E-state index contributed by atoms with van der Waals surface area (Å²) in [6, 6.07) is 13.5. The summed E-state index contributed by atoms with van der Waals surface area (Å²) in [5, 5.41) is 2.92. The minimum absolute atomic E-state index is 0.132. The molecule has 21 heavy (non-hydrogen) atoms. The quantitative estimate of drug-likeness (QED) is 0.771. The predicted molar refractivity (Wildman–Crippen MR) is 86.8 cm³/mol. The molecule has 0 saturated heterocycles. The van der Waals surface area contributed by atoms with E-state index in [1.807, 2.05) is 66.6 Å². The van der Waals surface area contributed by atoms with Crippen molar-refractivity contribution in [2.45, 2.75) is 0 Å². The lowest BCUT2D eigenvalue weighted by Crippen LogP contribution is -2.15. The average molecular weight is 344 g/mol. The molecule has 0 unspecified atom stereocenters. The van der Waals surface area contributed by atoms with Gasteiger partial charge in [-0.2, -0.15) is 0 Å². The summed E-state index contributed by atoms with van der Waals surface area (Å²) in [5.41, 5.74) is 2.38. The maximum absolute atomic E-state index is 12.3. The number of aromatic nitrogens is 2. The van der Waals surface area contributed by atoms with Gasteiger partial charge in [-0.05, 0) is 52.3 Å². The molecular weight excluding hydrogens is 330 g/mol. The van der Waals surface area contributed by atoms with E-state index in [1.54, 1.807) is 10.6 Å². The molecule has 0 radical (unpaired) electrons. The van der Waals surface area contributed by atoms with E-state index >= 15 is 0 Å². The van der Waals surface area contributed by atoms with Gasteiger partial charge in [0.25, 0.3) is 5.91 Å². The number of carbonyl (C=O) groups excluding carboxylic acids is 1. The first-order chi connectivity index (χ1) is 10.1. The zero-order valence-electron chi connectivity index (χ0n) is 11.5. The first-order valence-corrected chi connectivity index (χ1v) is 7.29. The standard InChI is InChI=1S/C16H14BrN3O/c1-19-11-12(17)9-15(19)16(21)18-13-5-4-6-14(10-13)20-7-2-3-8-20/h2-11H,1H3,(H,18,21). The molecule has 1 N–H and O–H groups in total. The van der Waals surface area contributed by atoms with Crippen LogP contribution in [-0.2, 0) is 7.05 Å². The minimum atomic E-state index is -0.132. The molecule has 0 bridgehead atoms. The highest BCUT2D eigenvalue weighted by atomic mass is 79.9. The van der Waals surface area contributed by atoms with E-state index in [0.29, 0.717) is 5.69 Å². The number of hydrogen-bond donors (Lipinski definition) is 1. The Kier molecular flexibility index (Phi) is 3.66. The lowest BCUT2D eigenvalue weighted by Gasteiger charge is -2.08. The molecular formula is C16H14BrN3O. The van der Waals surface area contributed by atoms with Crippen molar-refractivity contribution in [3.05, 3.63) is 71.2 Å². The number of aryl methyl sites for hydroxylation is 1. The summed E-state index contributed by atoms with van der Waals surface area (Å²) in [6.07, 6.45) is 5.79. The van der Waals surface area contributed by atoms with Crippen LogP contribution in [0.4, 0.5) is 5.69 Å². The SMILES string of the molecule is Cn1cc(Br)cc1C(=O)Nc1cccc(-n2cccc2)c1. The summed E-state index contributed by atoms with van der Waals surface area (Å²) in [5.74, 6) is -0.132. The Labute approximate surface area is 131 Å². The molecule has 0 saturated carbocycles. The van der Waals surface area contributed by atoms with E-state index in [4.69, 9.17) is 0 Å². The second-order valence-corrected chi connectivity index (χ2v) is 5.66. The molecule has 3 rings (SSSR count). The Morgan fingerprint density at radius 2 is 1.90 bits per heavy atom. The van der Waals surface area contributed by atoms with Gasteiger partial charge in [-0.3, -0.25) is 4.79 Å². The zero-order chi connectivity index (χ0) is 14.8. The zero-order valence-corrected chi connectivity index (χ0v) is 13.0. The van der Waals surface area contributed by atoms with Crippen LogP contribution in [0.3, 0.4) is 0 Å². The number of amides is 1. The number of nitrogens with zero attached hydrogens (tertiary/aromatic N) is 2. The fourth-order valence-corrected chi connectivity index (χ4v) is 2.72. The topological polar surface area (TPSA) is 39.0 Å². The Morgan fingerprint density at radius 3 is 2.57 bits per heavy atom. The lowest BCUT2D eigenvalue weighted by atomic mass is 10.2. The normalized spacial score (nSPS) is 10.6. The van der Waals surface area contributed by atoms with Crippen LogP contribution in [0.5, 0.6) is 0 Å². The smallest absolute Gasteiger partial charge is 0.272 e. The van der Waals surface area contributed by atoms with Crippen LogP contribution in [0.2, 0.25) is 0 Å². The highest BCUT2D eigenvalue weighted by molar-refractivity contribution is 9.10. The van der Waals surface area contributed by atoms with Crippen molar-refractivity contribution in [3.8, 4) is 5.69 Å². The van der Waals surface area contributed by atoms with Gasteiger partial charge in [0.1, 0.15) is 5.69 Å². The number of rotatable bonds is 3. The second kappa shape index (κ2) is 5.61. The Morgan fingerprint density at radius 1 is 1.14 bits per heavy atom. The Hall–Kier alpha value is -2.27. The van der Waals surface area contributed by atoms with Gasteiger partial charge in [0.2, 0.25) is 0 Å². The van der Waals surface area contributed by atoms with Gasteiger partial charge < -0.3 is 14.5 Å². The summed E-state index contributed by atoms with van der Waals surface area (Å²) >= 11 is 3.37. The third-order valence-corrected chi connectivity index (χ3v) is 3.64. The van der Waals surface area contributed by atoms with Gasteiger partial charge in [0, 0.05) is 41.5 Å². The van der Waals surface area contributed by atoms with E-state index in [0.717, 1.165) is 15.8 Å². The van der Waals surface area contributed by atoms with Crippen molar-refractivity contribution in [3.63, 3.8) is 0 Å². The third-order valence-electron chi connectivity index (χ3n) is 3.21. The van der Waals surface area contributed by atoms with Crippen molar-refractivity contribution < 1.29 is 4.79 Å². The maximum atomic E-state index is 12.3. The molecule has 0 aliphatic rings. The lowest BCUT2D eigenvalue weighted by molar-refractivity contribution is 0.101. The van der Waals surface area contributed by atoms with E-state index in [1.165, 1.54) is 0 Å². The predicted octanol–water partition coefficient (Wildman–Crippen LogP) is 3.83. The molecule has 0 atom stereocenters. The fourth-order valence-electron chi connectivity index (χ4n) is 2.20. The number of hydrogen-bond acceptors (Lipinski definition) is 1. The molecule has 5 heteroatoms. The Balaban J connectivity index is 1.84. The van der Waals surface area contributed by atoms with Gasteiger partial charge in [-0.15, -0.1) is 0 Å². The van der Waals surface area contributed by atoms with Gasteiger partial charge in [-0.25, -0.2) is 0 Å². The molecule has 1 amide bonds. The maximum Gasteiger partial charge on any atom is 0.272 e. The minimum Gasteiger partial charge on any atom is -0.345 e. The average Bonchev–Trinajstić information content (AvgIpc) is 3.08. The Bertz CT molecular complexity index is 775. The van der Waals surface area contributed by atoms with Gasteiger partial charge >= 0.3 is 0 Å². The van der Waals surface area contributed by atoms with E-state index in [2.05, 4.69) is 21.2 Å². The van der Waals surface area contributed by atoms with Crippen LogP contribution in [0.15, 0.2) is 65.5 Å². The molecule has 2 aromatic heterocycles. The van der Waals surface area contributed by atoms with Crippen LogP contribution in [0.1, 0.15) is 10.5 Å². The van der Waals surface area contributed by atoms with E-state index in [-0.39, 0.29) is 5.91 Å². The van der Waals surface area contributed by atoms with Crippen molar-refractivity contribution in [2.75, 3.05) is 5.32 Å². The van der Waals surface area contributed by atoms with Gasteiger partial charge in [0.15, 0.2) is 0 Å². The molecule has 3 aromatic rings. The molecule has 1 aromatic carbocycles. The first kappa shape index (κ1) is 13.7. The van der Waals surface area contributed by atoms with Crippen LogP contribution in [0.25, 0.3) is 5.69 Å². The summed E-state index contributed by atoms with van der Waals surface area (Å²) in [7, 11) is 1.84. The van der Waals surface area contributed by atoms with Crippen LogP contribution < -0.4 is 5.32 Å². The largest absolute Gasteiger partial charge is 0.345 e. The van der Waals surface area contributed by atoms with Gasteiger partial charge in [-0.1, -0.05) is 6.07 Å². The van der Waals surface area contributed by atoms with Crippen LogP contribution >= 0.6 is 15.9 Å².